The molecule has 0 spiro atoms. The smallest absolute Gasteiger partial charge is 0.220 e. The Morgan fingerprint density at radius 1 is 1.17 bits per heavy atom. The monoisotopic (exact) mass is 407 g/mol. The molecule has 1 amide bonds. The third-order valence-electron chi connectivity index (χ3n) is 7.86. The van der Waals surface area contributed by atoms with Crippen molar-refractivity contribution in [3.05, 3.63) is 52.8 Å². The van der Waals surface area contributed by atoms with Gasteiger partial charge in [-0.25, -0.2) is 0 Å². The molecule has 2 unspecified atom stereocenters. The summed E-state index contributed by atoms with van der Waals surface area (Å²) >= 11 is 0. The predicted molar refractivity (Wildman–Crippen MR) is 116 cm³/mol. The first-order chi connectivity index (χ1) is 14.3. The lowest BCUT2D eigenvalue weighted by molar-refractivity contribution is -0.169. The van der Waals surface area contributed by atoms with Crippen LogP contribution in [0.2, 0.25) is 0 Å². The number of benzene rings is 1. The zero-order valence-electron chi connectivity index (χ0n) is 18.2. The van der Waals surface area contributed by atoms with Crippen molar-refractivity contribution >= 4 is 5.91 Å². The minimum Gasteiger partial charge on any atom is -0.390 e. The molecule has 1 aromatic carbocycles. The number of rotatable bonds is 6. The van der Waals surface area contributed by atoms with E-state index in [1.54, 1.807) is 0 Å². The summed E-state index contributed by atoms with van der Waals surface area (Å²) < 4.78 is 2.03. The summed E-state index contributed by atoms with van der Waals surface area (Å²) in [5.41, 5.74) is 3.94. The average molecular weight is 408 g/mol. The van der Waals surface area contributed by atoms with Crippen LogP contribution in [0.15, 0.2) is 30.3 Å². The number of aromatic nitrogens is 2. The van der Waals surface area contributed by atoms with Crippen LogP contribution in [0.25, 0.3) is 0 Å². The number of carbonyl (C=O) groups excluding carboxylic acids is 1. The lowest BCUT2D eigenvalue weighted by Gasteiger charge is -2.60. The van der Waals surface area contributed by atoms with E-state index in [4.69, 9.17) is 5.10 Å². The van der Waals surface area contributed by atoms with Crippen LogP contribution in [0.3, 0.4) is 0 Å². The number of aliphatic hydroxyl groups is 1. The molecule has 2 N–H and O–H groups in total. The van der Waals surface area contributed by atoms with Crippen LogP contribution in [0.4, 0.5) is 0 Å². The Kier molecular flexibility index (Phi) is 4.77. The SMILES string of the molecule is Cc1nn(Cc2ccccc2)c(C)c1CNC(=O)CC12CC3CC(CC(O)(C3)C1)C2. The van der Waals surface area contributed by atoms with E-state index in [1.165, 1.54) is 12.0 Å². The predicted octanol–water partition coefficient (Wildman–Crippen LogP) is 3.89. The van der Waals surface area contributed by atoms with Gasteiger partial charge < -0.3 is 10.4 Å². The van der Waals surface area contributed by atoms with E-state index in [1.807, 2.05) is 29.8 Å². The average Bonchev–Trinajstić information content (AvgIpc) is 2.91. The molecule has 0 radical (unpaired) electrons. The highest BCUT2D eigenvalue weighted by Crippen LogP contribution is 2.62. The topological polar surface area (TPSA) is 67.2 Å². The highest BCUT2D eigenvalue weighted by Gasteiger charge is 2.57. The lowest BCUT2D eigenvalue weighted by atomic mass is 9.47. The third kappa shape index (κ3) is 3.68. The van der Waals surface area contributed by atoms with Gasteiger partial charge in [-0.15, -0.1) is 0 Å². The number of amides is 1. The second-order valence-corrected chi connectivity index (χ2v) is 10.4. The molecular weight excluding hydrogens is 374 g/mol. The standard InChI is InChI=1S/C25H33N3O2/c1-17-22(18(2)28(27-17)15-19-6-4-3-5-7-19)14-26-23(29)13-24-9-20-8-21(10-24)12-25(30,11-20)16-24/h3-7,20-21,30H,8-16H2,1-2H3,(H,26,29). The summed E-state index contributed by atoms with van der Waals surface area (Å²) in [4.78, 5) is 12.9. The second-order valence-electron chi connectivity index (χ2n) is 10.4. The molecule has 160 valence electrons. The Morgan fingerprint density at radius 3 is 2.53 bits per heavy atom. The van der Waals surface area contributed by atoms with Gasteiger partial charge in [0.25, 0.3) is 0 Å². The molecule has 2 atom stereocenters. The Hall–Kier alpha value is -2.14. The summed E-state index contributed by atoms with van der Waals surface area (Å²) in [5, 5.41) is 18.8. The zero-order valence-corrected chi connectivity index (χ0v) is 18.2. The minimum absolute atomic E-state index is 0.0183. The van der Waals surface area contributed by atoms with Crippen LogP contribution in [0, 0.1) is 31.1 Å². The van der Waals surface area contributed by atoms with Gasteiger partial charge in [0.1, 0.15) is 0 Å². The number of carbonyl (C=O) groups is 1. The number of aryl methyl sites for hydroxylation is 1. The quantitative estimate of drug-likeness (QED) is 0.763. The van der Waals surface area contributed by atoms with E-state index in [9.17, 15) is 9.90 Å². The fourth-order valence-corrected chi connectivity index (χ4v) is 7.10. The first-order valence-corrected chi connectivity index (χ1v) is 11.4. The Morgan fingerprint density at radius 2 is 1.87 bits per heavy atom. The van der Waals surface area contributed by atoms with E-state index in [0.717, 1.165) is 55.6 Å². The van der Waals surface area contributed by atoms with Gasteiger partial charge in [0.05, 0.1) is 17.8 Å². The first-order valence-electron chi connectivity index (χ1n) is 11.4. The third-order valence-corrected chi connectivity index (χ3v) is 7.86. The van der Waals surface area contributed by atoms with Crippen molar-refractivity contribution in [3.8, 4) is 0 Å². The lowest BCUT2D eigenvalue weighted by Crippen LogP contribution is -2.56. The van der Waals surface area contributed by atoms with Crippen molar-refractivity contribution in [1.29, 1.82) is 0 Å². The van der Waals surface area contributed by atoms with Crippen molar-refractivity contribution in [3.63, 3.8) is 0 Å². The van der Waals surface area contributed by atoms with Crippen LogP contribution in [-0.4, -0.2) is 26.4 Å². The summed E-state index contributed by atoms with van der Waals surface area (Å²) in [5.74, 6) is 1.35. The Labute approximate surface area is 178 Å². The molecule has 1 heterocycles. The summed E-state index contributed by atoms with van der Waals surface area (Å²) in [6, 6.07) is 10.3. The molecule has 2 aromatic rings. The van der Waals surface area contributed by atoms with Gasteiger partial charge >= 0.3 is 0 Å². The molecule has 4 bridgehead atoms. The Balaban J connectivity index is 1.23. The van der Waals surface area contributed by atoms with Crippen molar-refractivity contribution in [2.24, 2.45) is 17.3 Å². The molecule has 4 aliphatic carbocycles. The van der Waals surface area contributed by atoms with E-state index in [2.05, 4.69) is 24.4 Å². The zero-order chi connectivity index (χ0) is 20.9. The molecule has 4 fully saturated rings. The Bertz CT molecular complexity index is 935. The van der Waals surface area contributed by atoms with Crippen LogP contribution in [0.5, 0.6) is 0 Å². The van der Waals surface area contributed by atoms with E-state index < -0.39 is 5.60 Å². The van der Waals surface area contributed by atoms with Crippen LogP contribution >= 0.6 is 0 Å². The highest BCUT2D eigenvalue weighted by molar-refractivity contribution is 5.76. The maximum absolute atomic E-state index is 12.9. The first kappa shape index (κ1) is 19.8. The number of hydrogen-bond acceptors (Lipinski definition) is 3. The molecule has 0 saturated heterocycles. The molecule has 5 nitrogen and oxygen atoms in total. The molecule has 4 aliphatic rings. The van der Waals surface area contributed by atoms with Crippen LogP contribution in [0.1, 0.15) is 67.5 Å². The van der Waals surface area contributed by atoms with Crippen LogP contribution < -0.4 is 5.32 Å². The van der Waals surface area contributed by atoms with Gasteiger partial charge in [0, 0.05) is 24.2 Å². The largest absolute Gasteiger partial charge is 0.390 e. The molecule has 4 saturated carbocycles. The van der Waals surface area contributed by atoms with Gasteiger partial charge in [-0.3, -0.25) is 9.48 Å². The molecule has 30 heavy (non-hydrogen) atoms. The van der Waals surface area contributed by atoms with Crippen LogP contribution in [-0.2, 0) is 17.9 Å². The van der Waals surface area contributed by atoms with Gasteiger partial charge in [-0.05, 0) is 75.2 Å². The van der Waals surface area contributed by atoms with Gasteiger partial charge in [-0.2, -0.15) is 5.10 Å². The van der Waals surface area contributed by atoms with Crippen molar-refractivity contribution < 1.29 is 9.90 Å². The van der Waals surface area contributed by atoms with Crippen molar-refractivity contribution in [2.45, 2.75) is 77.5 Å². The molecular formula is C25H33N3O2. The maximum atomic E-state index is 12.9. The highest BCUT2D eigenvalue weighted by atomic mass is 16.3. The normalized spacial score (nSPS) is 31.8. The summed E-state index contributed by atoms with van der Waals surface area (Å²) in [6.45, 7) is 5.37. The molecule has 5 heteroatoms. The molecule has 6 rings (SSSR count). The van der Waals surface area contributed by atoms with Gasteiger partial charge in [0.2, 0.25) is 5.91 Å². The number of nitrogens with one attached hydrogen (secondary N) is 1. The number of hydrogen-bond donors (Lipinski definition) is 2. The fourth-order valence-electron chi connectivity index (χ4n) is 7.10. The van der Waals surface area contributed by atoms with Crippen molar-refractivity contribution in [1.82, 2.24) is 15.1 Å². The minimum atomic E-state index is -0.504. The summed E-state index contributed by atoms with van der Waals surface area (Å²) in [7, 11) is 0. The maximum Gasteiger partial charge on any atom is 0.220 e. The second kappa shape index (κ2) is 7.23. The van der Waals surface area contributed by atoms with E-state index in [-0.39, 0.29) is 11.3 Å². The van der Waals surface area contributed by atoms with Gasteiger partial charge in [0.15, 0.2) is 0 Å². The van der Waals surface area contributed by atoms with Gasteiger partial charge in [-0.1, -0.05) is 30.3 Å². The number of nitrogens with zero attached hydrogens (tertiary/aromatic N) is 2. The van der Waals surface area contributed by atoms with E-state index in [0.29, 0.717) is 24.8 Å². The summed E-state index contributed by atoms with van der Waals surface area (Å²) in [6.07, 6.45) is 6.76. The fraction of sp³-hybridized carbons (Fsp3) is 0.600. The van der Waals surface area contributed by atoms with Crippen molar-refractivity contribution in [2.75, 3.05) is 0 Å². The molecule has 0 aliphatic heterocycles. The van der Waals surface area contributed by atoms with E-state index >= 15 is 0 Å². The molecule has 1 aromatic heterocycles.